The van der Waals surface area contributed by atoms with Crippen LogP contribution in [-0.2, 0) is 22.0 Å². The molecule has 1 rings (SSSR count). The zero-order valence-corrected chi connectivity index (χ0v) is 10.3. The maximum Gasteiger partial charge on any atom is 0.153 e. The van der Waals surface area contributed by atoms with Gasteiger partial charge in [0.2, 0.25) is 0 Å². The van der Waals surface area contributed by atoms with Crippen molar-refractivity contribution in [1.29, 1.82) is 5.26 Å². The predicted molar refractivity (Wildman–Crippen MR) is 59.4 cm³/mol. The number of aromatic nitrogens is 1. The van der Waals surface area contributed by atoms with Crippen LogP contribution >= 0.6 is 11.3 Å². The van der Waals surface area contributed by atoms with Crippen molar-refractivity contribution in [3.63, 3.8) is 0 Å². The molecule has 0 amide bonds. The fraction of sp³-hybridized carbons (Fsp3) is 0.556. The molecule has 0 saturated carbocycles. The third-order valence-electron chi connectivity index (χ3n) is 1.72. The average molecular weight is 244 g/mol. The summed E-state index contributed by atoms with van der Waals surface area (Å²) >= 11 is 1.17. The van der Waals surface area contributed by atoms with Gasteiger partial charge in [-0.1, -0.05) is 13.3 Å². The van der Waals surface area contributed by atoms with E-state index in [1.165, 1.54) is 17.6 Å². The highest BCUT2D eigenvalue weighted by atomic mass is 32.2. The summed E-state index contributed by atoms with van der Waals surface area (Å²) in [5, 5.41) is 9.34. The Hall–Kier alpha value is -0.930. The molecular weight excluding hydrogens is 232 g/mol. The molecule has 82 valence electrons. The summed E-state index contributed by atoms with van der Waals surface area (Å²) in [7, 11) is -3.07. The Labute approximate surface area is 93.5 Å². The van der Waals surface area contributed by atoms with E-state index in [1.807, 2.05) is 13.0 Å². The summed E-state index contributed by atoms with van der Waals surface area (Å²) in [5.74, 6) is -0.0734. The minimum Gasteiger partial charge on any atom is -0.244 e. The molecule has 4 nitrogen and oxygen atoms in total. The molecule has 1 aromatic heterocycles. The van der Waals surface area contributed by atoms with Crippen molar-refractivity contribution >= 4 is 21.2 Å². The average Bonchev–Trinajstić information content (AvgIpc) is 2.45. The largest absolute Gasteiger partial charge is 0.244 e. The molecule has 0 aliphatic carbocycles. The highest BCUT2D eigenvalue weighted by Crippen LogP contribution is 2.20. The molecule has 1 heterocycles. The first-order chi connectivity index (χ1) is 6.96. The molecule has 0 spiro atoms. The van der Waals surface area contributed by atoms with Gasteiger partial charge < -0.3 is 0 Å². The lowest BCUT2D eigenvalue weighted by Crippen LogP contribution is -2.00. The number of hydrogen-bond donors (Lipinski definition) is 0. The van der Waals surface area contributed by atoms with Gasteiger partial charge >= 0.3 is 0 Å². The van der Waals surface area contributed by atoms with Crippen molar-refractivity contribution in [2.45, 2.75) is 25.5 Å². The van der Waals surface area contributed by atoms with Crippen LogP contribution in [0.25, 0.3) is 0 Å². The van der Waals surface area contributed by atoms with Gasteiger partial charge in [-0.25, -0.2) is 13.4 Å². The van der Waals surface area contributed by atoms with Crippen molar-refractivity contribution in [2.75, 3.05) is 6.26 Å². The van der Waals surface area contributed by atoms with Gasteiger partial charge in [0.05, 0.1) is 5.69 Å². The van der Waals surface area contributed by atoms with Gasteiger partial charge in [0, 0.05) is 6.26 Å². The van der Waals surface area contributed by atoms with Gasteiger partial charge in [0.25, 0.3) is 0 Å². The molecule has 0 radical (unpaired) electrons. The van der Waals surface area contributed by atoms with E-state index in [4.69, 9.17) is 5.26 Å². The standard InChI is InChI=1S/C9H12N2O2S2/c1-3-4-7-8(5-10)14-9(11-7)6-15(2,12)13/h3-4,6H2,1-2H3. The number of hydrogen-bond acceptors (Lipinski definition) is 5. The fourth-order valence-electron chi connectivity index (χ4n) is 1.18. The van der Waals surface area contributed by atoms with E-state index in [0.29, 0.717) is 9.88 Å². The molecule has 0 unspecified atom stereocenters. The Morgan fingerprint density at radius 3 is 2.67 bits per heavy atom. The van der Waals surface area contributed by atoms with Crippen molar-refractivity contribution < 1.29 is 8.42 Å². The number of aryl methyl sites for hydroxylation is 1. The Morgan fingerprint density at radius 1 is 1.53 bits per heavy atom. The highest BCUT2D eigenvalue weighted by molar-refractivity contribution is 7.90. The Balaban J connectivity index is 2.99. The van der Waals surface area contributed by atoms with Gasteiger partial charge in [-0.3, -0.25) is 0 Å². The highest BCUT2D eigenvalue weighted by Gasteiger charge is 2.13. The van der Waals surface area contributed by atoms with E-state index >= 15 is 0 Å². The monoisotopic (exact) mass is 244 g/mol. The molecule has 6 heteroatoms. The summed E-state index contributed by atoms with van der Waals surface area (Å²) in [6.07, 6.45) is 2.79. The van der Waals surface area contributed by atoms with E-state index in [1.54, 1.807) is 0 Å². The van der Waals surface area contributed by atoms with Crippen LogP contribution < -0.4 is 0 Å². The van der Waals surface area contributed by atoms with Crippen LogP contribution in [0, 0.1) is 11.3 Å². The molecule has 0 bridgehead atoms. The second-order valence-corrected chi connectivity index (χ2v) is 6.54. The van der Waals surface area contributed by atoms with Gasteiger partial charge in [-0.2, -0.15) is 5.26 Å². The number of rotatable bonds is 4. The SMILES string of the molecule is CCCc1nc(CS(C)(=O)=O)sc1C#N. The summed E-state index contributed by atoms with van der Waals surface area (Å²) < 4.78 is 22.1. The van der Waals surface area contributed by atoms with Crippen LogP contribution in [-0.4, -0.2) is 19.7 Å². The van der Waals surface area contributed by atoms with Crippen molar-refractivity contribution in [1.82, 2.24) is 4.98 Å². The summed E-state index contributed by atoms with van der Waals surface area (Å²) in [6.45, 7) is 2.00. The lowest BCUT2D eigenvalue weighted by Gasteiger charge is -1.92. The minimum absolute atomic E-state index is 0.0734. The van der Waals surface area contributed by atoms with Crippen LogP contribution in [0.4, 0.5) is 0 Å². The third-order valence-corrected chi connectivity index (χ3v) is 3.70. The zero-order chi connectivity index (χ0) is 11.5. The Bertz CT molecular complexity index is 483. The molecule has 0 aliphatic rings. The predicted octanol–water partition coefficient (Wildman–Crippen LogP) is 1.51. The topological polar surface area (TPSA) is 70.8 Å². The summed E-state index contributed by atoms with van der Waals surface area (Å²) in [4.78, 5) is 4.71. The molecular formula is C9H12N2O2S2. The smallest absolute Gasteiger partial charge is 0.153 e. The lowest BCUT2D eigenvalue weighted by molar-refractivity contribution is 0.601. The maximum atomic E-state index is 11.1. The van der Waals surface area contributed by atoms with Gasteiger partial charge in [0.1, 0.15) is 21.7 Å². The molecule has 0 saturated heterocycles. The third kappa shape index (κ3) is 3.61. The molecule has 1 aromatic rings. The van der Waals surface area contributed by atoms with Gasteiger partial charge in [-0.05, 0) is 6.42 Å². The van der Waals surface area contributed by atoms with Crippen LogP contribution in [0.15, 0.2) is 0 Å². The molecule has 0 aliphatic heterocycles. The van der Waals surface area contributed by atoms with Crippen molar-refractivity contribution in [2.24, 2.45) is 0 Å². The van der Waals surface area contributed by atoms with Crippen LogP contribution in [0.5, 0.6) is 0 Å². The van der Waals surface area contributed by atoms with E-state index in [2.05, 4.69) is 4.98 Å². The number of thiazole rings is 1. The molecule has 0 N–H and O–H groups in total. The number of nitrogens with zero attached hydrogens (tertiary/aromatic N) is 2. The first kappa shape index (κ1) is 12.1. The molecule has 15 heavy (non-hydrogen) atoms. The minimum atomic E-state index is -3.07. The van der Waals surface area contributed by atoms with Gasteiger partial charge in [0.15, 0.2) is 9.84 Å². The lowest BCUT2D eigenvalue weighted by atomic mass is 10.2. The van der Waals surface area contributed by atoms with Crippen LogP contribution in [0.3, 0.4) is 0 Å². The van der Waals surface area contributed by atoms with Crippen LogP contribution in [0.1, 0.15) is 28.9 Å². The van der Waals surface area contributed by atoms with Crippen LogP contribution in [0.2, 0.25) is 0 Å². The number of nitriles is 1. The molecule has 0 aromatic carbocycles. The second-order valence-electron chi connectivity index (χ2n) is 3.32. The fourth-order valence-corrected chi connectivity index (χ4v) is 3.27. The van der Waals surface area contributed by atoms with E-state index in [0.717, 1.165) is 18.5 Å². The Kier molecular flexibility index (Phi) is 3.83. The van der Waals surface area contributed by atoms with E-state index in [-0.39, 0.29) is 5.75 Å². The summed E-state index contributed by atoms with van der Waals surface area (Å²) in [6, 6.07) is 2.05. The quantitative estimate of drug-likeness (QED) is 0.805. The normalized spacial score (nSPS) is 11.3. The maximum absolute atomic E-state index is 11.1. The van der Waals surface area contributed by atoms with Gasteiger partial charge in [-0.15, -0.1) is 11.3 Å². The summed E-state index contributed by atoms with van der Waals surface area (Å²) in [5.41, 5.74) is 0.726. The first-order valence-corrected chi connectivity index (χ1v) is 7.40. The molecule has 0 atom stereocenters. The van der Waals surface area contributed by atoms with E-state index in [9.17, 15) is 8.42 Å². The second kappa shape index (κ2) is 4.73. The Morgan fingerprint density at radius 2 is 2.20 bits per heavy atom. The first-order valence-electron chi connectivity index (χ1n) is 4.52. The van der Waals surface area contributed by atoms with Crippen molar-refractivity contribution in [3.05, 3.63) is 15.6 Å². The van der Waals surface area contributed by atoms with Crippen molar-refractivity contribution in [3.8, 4) is 6.07 Å². The van der Waals surface area contributed by atoms with E-state index < -0.39 is 9.84 Å². The zero-order valence-electron chi connectivity index (χ0n) is 8.65. The number of sulfone groups is 1. The molecule has 0 fully saturated rings.